The molecule has 1 amide bonds. The SMILES string of the molecule is Cc1cccc(CN2c3cc(C(=O)NCCN4CCN(C)CC4)ccc3OC[C@H]2C)c1. The Bertz CT molecular complexity index is 908. The van der Waals surface area contributed by atoms with Crippen molar-refractivity contribution in [3.63, 3.8) is 0 Å². The molecule has 1 N–H and O–H groups in total. The van der Waals surface area contributed by atoms with E-state index in [4.69, 9.17) is 4.74 Å². The fourth-order valence-corrected chi connectivity index (χ4v) is 4.29. The van der Waals surface area contributed by atoms with Gasteiger partial charge >= 0.3 is 0 Å². The Morgan fingerprint density at radius 2 is 1.94 bits per heavy atom. The van der Waals surface area contributed by atoms with Crippen LogP contribution >= 0.6 is 0 Å². The summed E-state index contributed by atoms with van der Waals surface area (Å²) in [5, 5.41) is 3.09. The van der Waals surface area contributed by atoms with Gasteiger partial charge in [-0.15, -0.1) is 0 Å². The Labute approximate surface area is 185 Å². The molecule has 2 aliphatic heterocycles. The summed E-state index contributed by atoms with van der Waals surface area (Å²) in [4.78, 5) is 19.9. The lowest BCUT2D eigenvalue weighted by molar-refractivity contribution is 0.0941. The van der Waals surface area contributed by atoms with E-state index in [1.54, 1.807) is 0 Å². The number of amides is 1. The molecule has 0 aliphatic carbocycles. The molecule has 2 aromatic rings. The van der Waals surface area contributed by atoms with Crippen LogP contribution in [0.1, 0.15) is 28.4 Å². The second-order valence-electron chi connectivity index (χ2n) is 8.86. The minimum Gasteiger partial charge on any atom is -0.489 e. The van der Waals surface area contributed by atoms with Crippen LogP contribution in [0.5, 0.6) is 5.75 Å². The molecular formula is C25H34N4O2. The fourth-order valence-electron chi connectivity index (χ4n) is 4.29. The van der Waals surface area contributed by atoms with Crippen molar-refractivity contribution >= 4 is 11.6 Å². The van der Waals surface area contributed by atoms with E-state index >= 15 is 0 Å². The number of aryl methyl sites for hydroxylation is 1. The Morgan fingerprint density at radius 1 is 1.13 bits per heavy atom. The summed E-state index contributed by atoms with van der Waals surface area (Å²) >= 11 is 0. The summed E-state index contributed by atoms with van der Waals surface area (Å²) in [6.07, 6.45) is 0. The Kier molecular flexibility index (Phi) is 6.78. The molecule has 0 spiro atoms. The number of benzene rings is 2. The second-order valence-corrected chi connectivity index (χ2v) is 8.86. The minimum absolute atomic E-state index is 0.0225. The summed E-state index contributed by atoms with van der Waals surface area (Å²) in [7, 11) is 2.15. The zero-order chi connectivity index (χ0) is 21.8. The molecule has 0 saturated carbocycles. The number of nitrogens with zero attached hydrogens (tertiary/aromatic N) is 3. The van der Waals surface area contributed by atoms with Gasteiger partial charge in [0.05, 0.1) is 11.7 Å². The molecule has 2 aliphatic rings. The maximum atomic E-state index is 12.8. The molecule has 6 heteroatoms. The molecule has 1 fully saturated rings. The van der Waals surface area contributed by atoms with E-state index < -0.39 is 0 Å². The molecule has 0 bridgehead atoms. The van der Waals surface area contributed by atoms with Crippen molar-refractivity contribution in [3.05, 3.63) is 59.2 Å². The highest BCUT2D eigenvalue weighted by atomic mass is 16.5. The number of likely N-dealkylation sites (N-methyl/N-ethyl adjacent to an activating group) is 1. The maximum absolute atomic E-state index is 12.8. The molecule has 0 unspecified atom stereocenters. The summed E-state index contributed by atoms with van der Waals surface area (Å²) in [5.74, 6) is 0.824. The largest absolute Gasteiger partial charge is 0.489 e. The zero-order valence-electron chi connectivity index (χ0n) is 18.9. The van der Waals surface area contributed by atoms with Crippen LogP contribution in [0.3, 0.4) is 0 Å². The highest BCUT2D eigenvalue weighted by molar-refractivity contribution is 5.95. The van der Waals surface area contributed by atoms with Gasteiger partial charge in [0.25, 0.3) is 5.91 Å². The van der Waals surface area contributed by atoms with Gasteiger partial charge in [-0.2, -0.15) is 0 Å². The first-order valence-electron chi connectivity index (χ1n) is 11.3. The van der Waals surface area contributed by atoms with Gasteiger partial charge in [-0.05, 0) is 44.7 Å². The number of piperazine rings is 1. The number of ether oxygens (including phenoxy) is 1. The van der Waals surface area contributed by atoms with Gasteiger partial charge in [0, 0.05) is 51.4 Å². The van der Waals surface area contributed by atoms with Crippen LogP contribution in [0.25, 0.3) is 0 Å². The van der Waals surface area contributed by atoms with Crippen molar-refractivity contribution in [3.8, 4) is 5.75 Å². The number of carbonyl (C=O) groups is 1. The summed E-state index contributed by atoms with van der Waals surface area (Å²) in [5.41, 5.74) is 4.20. The average molecular weight is 423 g/mol. The number of rotatable bonds is 6. The summed E-state index contributed by atoms with van der Waals surface area (Å²) in [6, 6.07) is 14.6. The number of carbonyl (C=O) groups excluding carboxylic acids is 1. The van der Waals surface area contributed by atoms with E-state index in [1.165, 1.54) is 11.1 Å². The topological polar surface area (TPSA) is 48.1 Å². The Hall–Kier alpha value is -2.57. The first-order valence-corrected chi connectivity index (χ1v) is 11.3. The second kappa shape index (κ2) is 9.71. The highest BCUT2D eigenvalue weighted by Crippen LogP contribution is 2.35. The molecule has 1 atom stereocenters. The molecule has 0 radical (unpaired) electrons. The van der Waals surface area contributed by atoms with E-state index in [2.05, 4.69) is 65.2 Å². The van der Waals surface area contributed by atoms with Crippen molar-refractivity contribution < 1.29 is 9.53 Å². The van der Waals surface area contributed by atoms with Crippen molar-refractivity contribution in [2.24, 2.45) is 0 Å². The normalized spacial score (nSPS) is 19.6. The van der Waals surface area contributed by atoms with Gasteiger partial charge < -0.3 is 19.9 Å². The first kappa shape index (κ1) is 21.7. The molecule has 166 valence electrons. The fraction of sp³-hybridized carbons (Fsp3) is 0.480. The first-order chi connectivity index (χ1) is 15.0. The van der Waals surface area contributed by atoms with Crippen molar-refractivity contribution in [2.45, 2.75) is 26.4 Å². The predicted molar refractivity (Wildman–Crippen MR) is 125 cm³/mol. The molecule has 2 heterocycles. The highest BCUT2D eigenvalue weighted by Gasteiger charge is 2.26. The molecule has 6 nitrogen and oxygen atoms in total. The van der Waals surface area contributed by atoms with Crippen LogP contribution < -0.4 is 15.0 Å². The van der Waals surface area contributed by atoms with Crippen molar-refractivity contribution in [2.75, 3.05) is 57.8 Å². The van der Waals surface area contributed by atoms with Crippen LogP contribution in [0.4, 0.5) is 5.69 Å². The van der Waals surface area contributed by atoms with E-state index in [9.17, 15) is 4.79 Å². The number of anilines is 1. The molecule has 2 aromatic carbocycles. The van der Waals surface area contributed by atoms with Gasteiger partial charge in [-0.25, -0.2) is 0 Å². The summed E-state index contributed by atoms with van der Waals surface area (Å²) < 4.78 is 5.95. The van der Waals surface area contributed by atoms with Crippen LogP contribution in [0.2, 0.25) is 0 Å². The molecule has 0 aromatic heterocycles. The van der Waals surface area contributed by atoms with Gasteiger partial charge in [0.2, 0.25) is 0 Å². The lowest BCUT2D eigenvalue weighted by Gasteiger charge is -2.37. The maximum Gasteiger partial charge on any atom is 0.251 e. The standard InChI is InChI=1S/C25H34N4O2/c1-19-5-4-6-21(15-19)17-29-20(2)18-31-24-8-7-22(16-23(24)29)25(30)26-9-10-28-13-11-27(3)12-14-28/h4-8,15-16,20H,9-14,17-18H2,1-3H3,(H,26,30)/t20-/m1/s1. The van der Waals surface area contributed by atoms with E-state index in [0.717, 1.165) is 50.7 Å². The van der Waals surface area contributed by atoms with Crippen LogP contribution in [0.15, 0.2) is 42.5 Å². The van der Waals surface area contributed by atoms with Crippen molar-refractivity contribution in [1.29, 1.82) is 0 Å². The Morgan fingerprint density at radius 3 is 2.71 bits per heavy atom. The third-order valence-corrected chi connectivity index (χ3v) is 6.29. The summed E-state index contributed by atoms with van der Waals surface area (Å²) in [6.45, 7) is 11.6. The number of hydrogen-bond acceptors (Lipinski definition) is 5. The molecule has 4 rings (SSSR count). The smallest absolute Gasteiger partial charge is 0.251 e. The molecule has 31 heavy (non-hydrogen) atoms. The lowest BCUT2D eigenvalue weighted by atomic mass is 10.1. The molecular weight excluding hydrogens is 388 g/mol. The monoisotopic (exact) mass is 422 g/mol. The lowest BCUT2D eigenvalue weighted by Crippen LogP contribution is -2.46. The van der Waals surface area contributed by atoms with Gasteiger partial charge in [-0.1, -0.05) is 29.8 Å². The quantitative estimate of drug-likeness (QED) is 0.776. The number of nitrogens with one attached hydrogen (secondary N) is 1. The number of hydrogen-bond donors (Lipinski definition) is 1. The van der Waals surface area contributed by atoms with Gasteiger partial charge in [0.15, 0.2) is 0 Å². The molecule has 1 saturated heterocycles. The van der Waals surface area contributed by atoms with Crippen LogP contribution in [-0.2, 0) is 6.54 Å². The minimum atomic E-state index is -0.0225. The van der Waals surface area contributed by atoms with Crippen LogP contribution in [-0.4, -0.2) is 74.7 Å². The van der Waals surface area contributed by atoms with E-state index in [0.29, 0.717) is 18.7 Å². The van der Waals surface area contributed by atoms with E-state index in [-0.39, 0.29) is 11.9 Å². The van der Waals surface area contributed by atoms with Gasteiger partial charge in [0.1, 0.15) is 12.4 Å². The third kappa shape index (κ3) is 5.38. The van der Waals surface area contributed by atoms with Gasteiger partial charge in [-0.3, -0.25) is 9.69 Å². The Balaban J connectivity index is 1.42. The predicted octanol–water partition coefficient (Wildman–Crippen LogP) is 2.76. The zero-order valence-corrected chi connectivity index (χ0v) is 18.9. The number of fused-ring (bicyclic) bond motifs is 1. The van der Waals surface area contributed by atoms with Crippen molar-refractivity contribution in [1.82, 2.24) is 15.1 Å². The van der Waals surface area contributed by atoms with E-state index in [1.807, 2.05) is 18.2 Å². The van der Waals surface area contributed by atoms with Crippen LogP contribution in [0, 0.1) is 6.92 Å². The average Bonchev–Trinajstić information content (AvgIpc) is 2.77. The third-order valence-electron chi connectivity index (χ3n) is 6.29.